The first-order valence-electron chi connectivity index (χ1n) is 10.00. The number of benzene rings is 2. The van der Waals surface area contributed by atoms with Crippen molar-refractivity contribution in [2.45, 2.75) is 33.2 Å². The molecule has 1 saturated heterocycles. The molecule has 2 aromatic carbocycles. The standard InChI is InChI=1S/C24H25NO6/c1-5-12-25-21(16-6-9-18(10-7-16)31-15(3)26)20(23(28)24(25)29)22(27)17-8-11-19(30-4)14(2)13-17/h6-11,13,21,27H,5,12H2,1-4H3/b22-20-. The highest BCUT2D eigenvalue weighted by Crippen LogP contribution is 2.40. The van der Waals surface area contributed by atoms with Crippen LogP contribution in [0.4, 0.5) is 0 Å². The summed E-state index contributed by atoms with van der Waals surface area (Å²) >= 11 is 0. The third-order valence-corrected chi connectivity index (χ3v) is 5.13. The SMILES string of the molecule is CCCN1C(=O)C(=O)/C(=C(\O)c2ccc(OC)c(C)c2)C1c1ccc(OC(C)=O)cc1. The molecule has 7 nitrogen and oxygen atoms in total. The third-order valence-electron chi connectivity index (χ3n) is 5.13. The van der Waals surface area contributed by atoms with Gasteiger partial charge in [0.2, 0.25) is 0 Å². The summed E-state index contributed by atoms with van der Waals surface area (Å²) in [5.74, 6) is -1.05. The number of rotatable bonds is 6. The summed E-state index contributed by atoms with van der Waals surface area (Å²) in [6.45, 7) is 5.41. The Balaban J connectivity index is 2.12. The van der Waals surface area contributed by atoms with E-state index in [-0.39, 0.29) is 11.3 Å². The fourth-order valence-corrected chi connectivity index (χ4v) is 3.76. The van der Waals surface area contributed by atoms with E-state index < -0.39 is 23.7 Å². The highest BCUT2D eigenvalue weighted by Gasteiger charge is 2.45. The number of amides is 1. The van der Waals surface area contributed by atoms with Gasteiger partial charge < -0.3 is 19.5 Å². The topological polar surface area (TPSA) is 93.1 Å². The Bertz CT molecular complexity index is 1050. The van der Waals surface area contributed by atoms with Crippen molar-refractivity contribution >= 4 is 23.4 Å². The number of aliphatic hydroxyl groups excluding tert-OH is 1. The minimum Gasteiger partial charge on any atom is -0.507 e. The fraction of sp³-hybridized carbons (Fsp3) is 0.292. The summed E-state index contributed by atoms with van der Waals surface area (Å²) in [5.41, 5.74) is 1.88. The highest BCUT2D eigenvalue weighted by molar-refractivity contribution is 6.46. The minimum absolute atomic E-state index is 0.0308. The van der Waals surface area contributed by atoms with Crippen molar-refractivity contribution in [3.63, 3.8) is 0 Å². The van der Waals surface area contributed by atoms with Crippen LogP contribution in [0.5, 0.6) is 11.5 Å². The molecule has 162 valence electrons. The number of carbonyl (C=O) groups is 3. The number of hydrogen-bond acceptors (Lipinski definition) is 6. The largest absolute Gasteiger partial charge is 0.507 e. The fourth-order valence-electron chi connectivity index (χ4n) is 3.76. The lowest BCUT2D eigenvalue weighted by Crippen LogP contribution is -2.30. The van der Waals surface area contributed by atoms with Gasteiger partial charge in [0, 0.05) is 19.0 Å². The van der Waals surface area contributed by atoms with Gasteiger partial charge >= 0.3 is 5.97 Å². The lowest BCUT2D eigenvalue weighted by Gasteiger charge is -2.25. The lowest BCUT2D eigenvalue weighted by molar-refractivity contribution is -0.139. The van der Waals surface area contributed by atoms with Gasteiger partial charge in [-0.05, 0) is 54.8 Å². The molecule has 3 rings (SSSR count). The zero-order chi connectivity index (χ0) is 22.7. The second-order valence-corrected chi connectivity index (χ2v) is 7.34. The highest BCUT2D eigenvalue weighted by atomic mass is 16.5. The average Bonchev–Trinajstić information content (AvgIpc) is 2.98. The molecule has 1 aliphatic heterocycles. The van der Waals surface area contributed by atoms with Gasteiger partial charge in [-0.15, -0.1) is 0 Å². The molecular weight excluding hydrogens is 398 g/mol. The van der Waals surface area contributed by atoms with Crippen molar-refractivity contribution in [1.29, 1.82) is 0 Å². The molecule has 0 bridgehead atoms. The second-order valence-electron chi connectivity index (χ2n) is 7.34. The summed E-state index contributed by atoms with van der Waals surface area (Å²) in [6, 6.07) is 10.9. The third kappa shape index (κ3) is 4.30. The maximum absolute atomic E-state index is 12.9. The Morgan fingerprint density at radius 3 is 2.35 bits per heavy atom. The number of methoxy groups -OCH3 is 1. The molecule has 0 aliphatic carbocycles. The van der Waals surface area contributed by atoms with Crippen LogP contribution in [0.25, 0.3) is 5.76 Å². The summed E-state index contributed by atoms with van der Waals surface area (Å²) in [5, 5.41) is 11.1. The van der Waals surface area contributed by atoms with Crippen LogP contribution in [0.15, 0.2) is 48.0 Å². The number of nitrogens with zero attached hydrogens (tertiary/aromatic N) is 1. The number of likely N-dealkylation sites (tertiary alicyclic amines) is 1. The quantitative estimate of drug-likeness (QED) is 0.250. The molecule has 1 fully saturated rings. The summed E-state index contributed by atoms with van der Waals surface area (Å²) in [4.78, 5) is 38.3. The number of ketones is 1. The predicted octanol–water partition coefficient (Wildman–Crippen LogP) is 3.76. The van der Waals surface area contributed by atoms with E-state index >= 15 is 0 Å². The van der Waals surface area contributed by atoms with Gasteiger partial charge in [-0.3, -0.25) is 14.4 Å². The van der Waals surface area contributed by atoms with Gasteiger partial charge in [0.05, 0.1) is 18.7 Å². The van der Waals surface area contributed by atoms with Gasteiger partial charge in [-0.2, -0.15) is 0 Å². The predicted molar refractivity (Wildman–Crippen MR) is 115 cm³/mol. The zero-order valence-electron chi connectivity index (χ0n) is 18.0. The summed E-state index contributed by atoms with van der Waals surface area (Å²) < 4.78 is 10.3. The number of Topliss-reactive ketones (excluding diaryl/α,β-unsaturated/α-hetero) is 1. The van der Waals surface area contributed by atoms with Gasteiger partial charge in [-0.25, -0.2) is 0 Å². The van der Waals surface area contributed by atoms with E-state index in [0.29, 0.717) is 35.6 Å². The molecule has 7 heteroatoms. The molecule has 0 aromatic heterocycles. The van der Waals surface area contributed by atoms with Crippen LogP contribution >= 0.6 is 0 Å². The maximum atomic E-state index is 12.9. The number of hydrogen-bond donors (Lipinski definition) is 1. The average molecular weight is 423 g/mol. The Labute approximate surface area is 180 Å². The first kappa shape index (κ1) is 22.1. The molecule has 0 saturated carbocycles. The number of aliphatic hydroxyl groups is 1. The van der Waals surface area contributed by atoms with E-state index in [9.17, 15) is 19.5 Å². The Morgan fingerprint density at radius 2 is 1.81 bits per heavy atom. The maximum Gasteiger partial charge on any atom is 0.308 e. The van der Waals surface area contributed by atoms with Crippen LogP contribution < -0.4 is 9.47 Å². The Morgan fingerprint density at radius 1 is 1.13 bits per heavy atom. The molecule has 1 heterocycles. The van der Waals surface area contributed by atoms with Crippen LogP contribution in [0.3, 0.4) is 0 Å². The van der Waals surface area contributed by atoms with Crippen LogP contribution in [0, 0.1) is 6.92 Å². The molecule has 1 N–H and O–H groups in total. The van der Waals surface area contributed by atoms with E-state index in [0.717, 1.165) is 5.56 Å². The number of carbonyl (C=O) groups excluding carboxylic acids is 3. The van der Waals surface area contributed by atoms with Crippen LogP contribution in [-0.4, -0.2) is 41.3 Å². The molecule has 1 atom stereocenters. The molecule has 31 heavy (non-hydrogen) atoms. The normalized spacial score (nSPS) is 17.7. The molecule has 0 spiro atoms. The summed E-state index contributed by atoms with van der Waals surface area (Å²) in [6.07, 6.45) is 0.650. The van der Waals surface area contributed by atoms with Gasteiger partial charge in [0.25, 0.3) is 11.7 Å². The van der Waals surface area contributed by atoms with Crippen molar-refractivity contribution in [2.75, 3.05) is 13.7 Å². The molecule has 1 amide bonds. The van der Waals surface area contributed by atoms with E-state index in [2.05, 4.69) is 0 Å². The number of ether oxygens (including phenoxy) is 2. The number of esters is 1. The van der Waals surface area contributed by atoms with Gasteiger partial charge in [-0.1, -0.05) is 19.1 Å². The molecular formula is C24H25NO6. The molecule has 0 radical (unpaired) electrons. The smallest absolute Gasteiger partial charge is 0.308 e. The van der Waals surface area contributed by atoms with Gasteiger partial charge in [0.15, 0.2) is 0 Å². The van der Waals surface area contributed by atoms with Crippen molar-refractivity contribution < 1.29 is 29.0 Å². The van der Waals surface area contributed by atoms with Crippen LogP contribution in [0.1, 0.15) is 43.0 Å². The zero-order valence-corrected chi connectivity index (χ0v) is 18.0. The Kier molecular flexibility index (Phi) is 6.44. The number of aryl methyl sites for hydroxylation is 1. The first-order valence-corrected chi connectivity index (χ1v) is 10.00. The second kappa shape index (κ2) is 9.04. The first-order chi connectivity index (χ1) is 14.8. The Hall–Kier alpha value is -3.61. The van der Waals surface area contributed by atoms with Crippen molar-refractivity contribution in [3.8, 4) is 11.5 Å². The lowest BCUT2D eigenvalue weighted by atomic mass is 9.94. The van der Waals surface area contributed by atoms with Crippen molar-refractivity contribution in [3.05, 3.63) is 64.7 Å². The summed E-state index contributed by atoms with van der Waals surface area (Å²) in [7, 11) is 1.55. The monoisotopic (exact) mass is 423 g/mol. The van der Waals surface area contributed by atoms with E-state index in [1.54, 1.807) is 49.6 Å². The molecule has 1 unspecified atom stereocenters. The van der Waals surface area contributed by atoms with Crippen LogP contribution in [-0.2, 0) is 14.4 Å². The van der Waals surface area contributed by atoms with Gasteiger partial charge in [0.1, 0.15) is 17.3 Å². The van der Waals surface area contributed by atoms with E-state index in [4.69, 9.17) is 9.47 Å². The van der Waals surface area contributed by atoms with E-state index in [1.807, 2.05) is 13.8 Å². The molecule has 1 aliphatic rings. The minimum atomic E-state index is -0.742. The van der Waals surface area contributed by atoms with Crippen molar-refractivity contribution in [1.82, 2.24) is 4.90 Å². The van der Waals surface area contributed by atoms with E-state index in [1.165, 1.54) is 11.8 Å². The van der Waals surface area contributed by atoms with Crippen molar-refractivity contribution in [2.24, 2.45) is 0 Å². The molecule has 2 aromatic rings. The van der Waals surface area contributed by atoms with Crippen LogP contribution in [0.2, 0.25) is 0 Å².